The van der Waals surface area contributed by atoms with E-state index < -0.39 is 11.8 Å². The highest BCUT2D eigenvalue weighted by molar-refractivity contribution is 6.39. The molecule has 1 N–H and O–H groups in total. The topological polar surface area (TPSA) is 102 Å². The minimum Gasteiger partial charge on any atom is -0.507 e. The summed E-state index contributed by atoms with van der Waals surface area (Å²) in [6.07, 6.45) is 2.56. The van der Waals surface area contributed by atoms with E-state index in [2.05, 4.69) is 10.8 Å². The first kappa shape index (κ1) is 20.7. The summed E-state index contributed by atoms with van der Waals surface area (Å²) in [6, 6.07) is 14.7. The molecular weight excluding hydrogens is 384 g/mol. The van der Waals surface area contributed by atoms with Gasteiger partial charge in [-0.15, -0.1) is 0 Å². The molecule has 7 nitrogen and oxygen atoms in total. The van der Waals surface area contributed by atoms with Crippen LogP contribution in [0.4, 0.5) is 0 Å². The molecule has 0 saturated heterocycles. The summed E-state index contributed by atoms with van der Waals surface area (Å²) in [4.78, 5) is 23.6. The van der Waals surface area contributed by atoms with E-state index in [4.69, 9.17) is 10.00 Å². The molecule has 0 saturated carbocycles. The van der Waals surface area contributed by atoms with Gasteiger partial charge in [-0.1, -0.05) is 12.1 Å². The maximum absolute atomic E-state index is 12.0. The predicted molar refractivity (Wildman–Crippen MR) is 111 cm³/mol. The van der Waals surface area contributed by atoms with Crippen molar-refractivity contribution in [3.63, 3.8) is 0 Å². The Morgan fingerprint density at radius 2 is 1.93 bits per heavy atom. The van der Waals surface area contributed by atoms with Gasteiger partial charge in [-0.25, -0.2) is 4.79 Å². The zero-order valence-electron chi connectivity index (χ0n) is 16.6. The van der Waals surface area contributed by atoms with E-state index in [1.54, 1.807) is 37.4 Å². The molecule has 0 atom stereocenters. The number of hydrogen-bond acceptors (Lipinski definition) is 6. The minimum atomic E-state index is -1.03. The van der Waals surface area contributed by atoms with Crippen LogP contribution in [0.2, 0.25) is 0 Å². The Morgan fingerprint density at radius 1 is 1.20 bits per heavy atom. The number of aliphatic hydroxyl groups is 1. The number of esters is 1. The van der Waals surface area contributed by atoms with E-state index >= 15 is 0 Å². The van der Waals surface area contributed by atoms with Crippen molar-refractivity contribution >= 4 is 28.4 Å². The first-order chi connectivity index (χ1) is 14.5. The summed E-state index contributed by atoms with van der Waals surface area (Å²) in [5, 5.41) is 20.2. The molecule has 1 heterocycles. The van der Waals surface area contributed by atoms with Gasteiger partial charge in [0.05, 0.1) is 25.3 Å². The van der Waals surface area contributed by atoms with E-state index in [1.807, 2.05) is 22.8 Å². The number of carbonyl (C=O) groups excluding carboxylic acids is 2. The Bertz CT molecular complexity index is 1170. The Kier molecular flexibility index (Phi) is 6.18. The fourth-order valence-electron chi connectivity index (χ4n) is 3.08. The van der Waals surface area contributed by atoms with Gasteiger partial charge in [0.2, 0.25) is 0 Å². The number of benzene rings is 2. The number of ether oxygens (including phenoxy) is 2. The van der Waals surface area contributed by atoms with Crippen LogP contribution < -0.4 is 4.74 Å². The first-order valence-corrected chi connectivity index (χ1v) is 9.24. The van der Waals surface area contributed by atoms with Crippen LogP contribution in [0.25, 0.3) is 16.7 Å². The Labute approximate surface area is 173 Å². The summed E-state index contributed by atoms with van der Waals surface area (Å²) in [7, 11) is 1.54. The van der Waals surface area contributed by atoms with E-state index in [0.29, 0.717) is 28.8 Å². The molecular formula is C23H20N2O5. The molecule has 0 fully saturated rings. The molecule has 0 amide bonds. The molecule has 0 spiro atoms. The largest absolute Gasteiger partial charge is 0.507 e. The summed E-state index contributed by atoms with van der Waals surface area (Å²) in [5.74, 6) is -1.72. The van der Waals surface area contributed by atoms with Crippen molar-refractivity contribution in [1.29, 1.82) is 5.26 Å². The zero-order valence-corrected chi connectivity index (χ0v) is 16.6. The van der Waals surface area contributed by atoms with E-state index in [0.717, 1.165) is 17.2 Å². The van der Waals surface area contributed by atoms with E-state index in [1.165, 1.54) is 7.11 Å². The van der Waals surface area contributed by atoms with Gasteiger partial charge in [0.15, 0.2) is 0 Å². The van der Waals surface area contributed by atoms with Gasteiger partial charge in [-0.2, -0.15) is 5.26 Å². The molecule has 0 bridgehead atoms. The zero-order chi connectivity index (χ0) is 21.7. The van der Waals surface area contributed by atoms with Crippen molar-refractivity contribution < 1.29 is 24.2 Å². The van der Waals surface area contributed by atoms with Crippen molar-refractivity contribution in [2.24, 2.45) is 0 Å². The lowest BCUT2D eigenvalue weighted by molar-refractivity contribution is -0.151. The maximum atomic E-state index is 12.0. The third-order valence-corrected chi connectivity index (χ3v) is 4.54. The number of hydrogen-bond donors (Lipinski definition) is 1. The lowest BCUT2D eigenvalue weighted by Crippen LogP contribution is -2.15. The van der Waals surface area contributed by atoms with Gasteiger partial charge >= 0.3 is 5.97 Å². The number of nitriles is 1. The second-order valence-electron chi connectivity index (χ2n) is 6.48. The van der Waals surface area contributed by atoms with Gasteiger partial charge < -0.3 is 19.1 Å². The molecule has 152 valence electrons. The van der Waals surface area contributed by atoms with Crippen molar-refractivity contribution in [2.75, 3.05) is 13.7 Å². The van der Waals surface area contributed by atoms with Crippen molar-refractivity contribution in [3.8, 4) is 11.8 Å². The summed E-state index contributed by atoms with van der Waals surface area (Å²) in [5.41, 5.74) is 2.72. The highest BCUT2D eigenvalue weighted by Crippen LogP contribution is 2.30. The highest BCUT2D eigenvalue weighted by atomic mass is 16.5. The van der Waals surface area contributed by atoms with E-state index in [9.17, 15) is 14.7 Å². The van der Waals surface area contributed by atoms with Gasteiger partial charge in [0, 0.05) is 35.3 Å². The summed E-state index contributed by atoms with van der Waals surface area (Å²) < 4.78 is 11.9. The standard InChI is InChI=1S/C23H20N2O5/c1-3-30-23(28)22(27)11-21(26)19-14-25(13-16-6-4-15(12-24)5-7-16)20-9-8-17(29-2)10-18(19)20/h4-11,14,26H,3,13H2,1-2H3/b21-11-. The highest BCUT2D eigenvalue weighted by Gasteiger charge is 2.18. The fourth-order valence-corrected chi connectivity index (χ4v) is 3.08. The predicted octanol–water partition coefficient (Wildman–Crippen LogP) is 3.60. The molecule has 0 radical (unpaired) electrons. The van der Waals surface area contributed by atoms with Crippen LogP contribution in [0.15, 0.2) is 54.7 Å². The van der Waals surface area contributed by atoms with Crippen LogP contribution in [0.3, 0.4) is 0 Å². The number of rotatable bonds is 7. The van der Waals surface area contributed by atoms with Crippen molar-refractivity contribution in [1.82, 2.24) is 4.57 Å². The van der Waals surface area contributed by atoms with Crippen LogP contribution in [0.1, 0.15) is 23.6 Å². The molecule has 1 aromatic heterocycles. The summed E-state index contributed by atoms with van der Waals surface area (Å²) >= 11 is 0. The van der Waals surface area contributed by atoms with Gasteiger partial charge in [-0.05, 0) is 42.8 Å². The molecule has 0 unspecified atom stereocenters. The maximum Gasteiger partial charge on any atom is 0.379 e. The fraction of sp³-hybridized carbons (Fsp3) is 0.174. The van der Waals surface area contributed by atoms with Crippen LogP contribution in [-0.2, 0) is 20.9 Å². The number of ketones is 1. The lowest BCUT2D eigenvalue weighted by atomic mass is 10.1. The Balaban J connectivity index is 2.04. The van der Waals surface area contributed by atoms with Crippen molar-refractivity contribution in [3.05, 3.63) is 71.4 Å². The SMILES string of the molecule is CCOC(=O)C(=O)/C=C(\O)c1cn(Cc2ccc(C#N)cc2)c2ccc(OC)cc12. The second kappa shape index (κ2) is 8.97. The smallest absolute Gasteiger partial charge is 0.379 e. The minimum absolute atomic E-state index is 0.0697. The van der Waals surface area contributed by atoms with Crippen LogP contribution in [0.5, 0.6) is 5.75 Å². The first-order valence-electron chi connectivity index (χ1n) is 9.24. The Hall–Kier alpha value is -4.05. The average molecular weight is 404 g/mol. The van der Waals surface area contributed by atoms with Gasteiger partial charge in [0.1, 0.15) is 11.5 Å². The number of aromatic nitrogens is 1. The lowest BCUT2D eigenvalue weighted by Gasteiger charge is -2.06. The number of methoxy groups -OCH3 is 1. The monoisotopic (exact) mass is 404 g/mol. The Morgan fingerprint density at radius 3 is 2.57 bits per heavy atom. The van der Waals surface area contributed by atoms with E-state index in [-0.39, 0.29) is 12.4 Å². The van der Waals surface area contributed by atoms with Crippen LogP contribution in [-0.4, -0.2) is 35.1 Å². The second-order valence-corrected chi connectivity index (χ2v) is 6.48. The van der Waals surface area contributed by atoms with Crippen LogP contribution in [0, 0.1) is 11.3 Å². The molecule has 3 aromatic rings. The van der Waals surface area contributed by atoms with Crippen molar-refractivity contribution in [2.45, 2.75) is 13.5 Å². The number of aliphatic hydroxyl groups excluding tert-OH is 1. The molecule has 0 aliphatic carbocycles. The molecule has 0 aliphatic heterocycles. The quantitative estimate of drug-likeness (QED) is 0.279. The molecule has 30 heavy (non-hydrogen) atoms. The number of carbonyl (C=O) groups is 2. The molecule has 2 aromatic carbocycles. The molecule has 0 aliphatic rings. The van der Waals surface area contributed by atoms with Gasteiger partial charge in [0.25, 0.3) is 5.78 Å². The summed E-state index contributed by atoms with van der Waals surface area (Å²) in [6.45, 7) is 2.14. The number of fused-ring (bicyclic) bond motifs is 1. The van der Waals surface area contributed by atoms with Gasteiger partial charge in [-0.3, -0.25) is 4.79 Å². The third kappa shape index (κ3) is 4.33. The normalized spacial score (nSPS) is 11.2. The third-order valence-electron chi connectivity index (χ3n) is 4.54. The molecule has 3 rings (SSSR count). The number of nitrogens with zero attached hydrogens (tertiary/aromatic N) is 2. The average Bonchev–Trinajstić information content (AvgIpc) is 3.12. The molecule has 7 heteroatoms. The van der Waals surface area contributed by atoms with Crippen LogP contribution >= 0.6 is 0 Å².